The molecule has 0 N–H and O–H groups in total. The van der Waals surface area contributed by atoms with Crippen LogP contribution in [0, 0.1) is 0 Å². The van der Waals surface area contributed by atoms with Gasteiger partial charge in [-0.1, -0.05) is 111 Å². The van der Waals surface area contributed by atoms with Gasteiger partial charge in [-0.25, -0.2) is 0 Å². The van der Waals surface area contributed by atoms with E-state index in [0.29, 0.717) is 0 Å². The molecule has 10 heteroatoms. The third kappa shape index (κ3) is 1.97. The molecule has 2 unspecified atom stereocenters. The maximum atomic E-state index is 6.54. The summed E-state index contributed by atoms with van der Waals surface area (Å²) in [7, 11) is 0. The summed E-state index contributed by atoms with van der Waals surface area (Å²) >= 11 is 62.6. The largest absolute Gasteiger partial charge is 0.190 e. The van der Waals surface area contributed by atoms with Crippen LogP contribution in [0.15, 0.2) is 23.8 Å². The van der Waals surface area contributed by atoms with Crippen LogP contribution in [0.25, 0.3) is 0 Å². The molecule has 2 aliphatic rings. The predicted octanol–water partition coefficient (Wildman–Crippen LogP) is 6.78. The lowest BCUT2D eigenvalue weighted by Crippen LogP contribution is -2.74. The van der Waals surface area contributed by atoms with Crippen LogP contribution in [0.5, 0.6) is 0 Å². The number of hydrogen-bond donors (Lipinski definition) is 0. The monoisotopic (exact) mass is 474 g/mol. The van der Waals surface area contributed by atoms with Crippen molar-refractivity contribution >= 4 is 116 Å². The molecule has 0 aromatic carbocycles. The van der Waals surface area contributed by atoms with Crippen LogP contribution < -0.4 is 0 Å². The van der Waals surface area contributed by atoms with E-state index in [1.165, 1.54) is 6.08 Å². The van der Waals surface area contributed by atoms with Gasteiger partial charge in [0.2, 0.25) is 0 Å². The zero-order valence-electron chi connectivity index (χ0n) is 9.09. The quantitative estimate of drug-likeness (QED) is 0.337. The lowest BCUT2D eigenvalue weighted by molar-refractivity contribution is 0.403. The third-order valence-corrected chi connectivity index (χ3v) is 10.4. The Hall–Kier alpha value is 2.38. The molecule has 2 atom stereocenters. The molecule has 2 aliphatic carbocycles. The number of hydrogen-bond acceptors (Lipinski definition) is 0. The highest BCUT2D eigenvalue weighted by Crippen LogP contribution is 2.74. The summed E-state index contributed by atoms with van der Waals surface area (Å²) in [5.41, 5.74) is 0.115. The van der Waals surface area contributed by atoms with E-state index in [9.17, 15) is 0 Å². The Morgan fingerprint density at radius 2 is 1.25 bits per heavy atom. The van der Waals surface area contributed by atoms with Gasteiger partial charge in [0.05, 0.1) is 5.38 Å². The average Bonchev–Trinajstić information content (AvgIpc) is 2.30. The molecule has 0 amide bonds. The highest BCUT2D eigenvalue weighted by Gasteiger charge is 2.82. The molecule has 0 radical (unpaired) electrons. The van der Waals surface area contributed by atoms with Gasteiger partial charge >= 0.3 is 0 Å². The van der Waals surface area contributed by atoms with E-state index in [-0.39, 0.29) is 5.57 Å². The van der Waals surface area contributed by atoms with Crippen molar-refractivity contribution in [3.8, 4) is 0 Å². The van der Waals surface area contributed by atoms with Gasteiger partial charge in [0.15, 0.2) is 17.3 Å². The van der Waals surface area contributed by atoms with Crippen LogP contribution in [0.2, 0.25) is 0 Å². The molecule has 0 saturated heterocycles. The first-order valence-electron chi connectivity index (χ1n) is 5.00. The number of rotatable bonds is 0. The molecule has 114 valence electrons. The summed E-state index contributed by atoms with van der Waals surface area (Å²) < 4.78 is -8.41. The third-order valence-electron chi connectivity index (χ3n) is 3.29. The maximum Gasteiger partial charge on any atom is 0.190 e. The van der Waals surface area contributed by atoms with Gasteiger partial charge in [-0.15, -0.1) is 23.2 Å². The summed E-state index contributed by atoms with van der Waals surface area (Å²) in [6.07, 6.45) is 4.60. The molecule has 0 heterocycles. The number of allylic oxidation sites excluding steroid dienone is 4. The Balaban J connectivity index is 2.84. The minimum Gasteiger partial charge on any atom is -0.116 e. The Morgan fingerprint density at radius 3 is 1.75 bits per heavy atom. The van der Waals surface area contributed by atoms with E-state index in [2.05, 4.69) is 0 Å². The van der Waals surface area contributed by atoms with E-state index < -0.39 is 27.6 Å². The fraction of sp³-hybridized carbons (Fsp3) is 0.600. The molecule has 0 aromatic rings. The predicted molar refractivity (Wildman–Crippen MR) is 93.2 cm³/mol. The van der Waals surface area contributed by atoms with Gasteiger partial charge in [-0.3, -0.25) is 0 Å². The highest BCUT2D eigenvalue weighted by atomic mass is 35.6. The van der Waals surface area contributed by atoms with Crippen molar-refractivity contribution in [1.82, 2.24) is 0 Å². The highest BCUT2D eigenvalue weighted by molar-refractivity contribution is 6.77. The standard InChI is InChI=1S/C10H4Cl10/c11-5-3-1-2-4-6(5,12)8(15,16)10(19,20)9(17,18)7(4,13)14/h1-3,5H. The lowest BCUT2D eigenvalue weighted by Gasteiger charge is -2.60. The molecule has 0 aliphatic heterocycles. The first kappa shape index (κ1) is 18.7. The van der Waals surface area contributed by atoms with Crippen LogP contribution in [0.4, 0.5) is 0 Å². The van der Waals surface area contributed by atoms with Crippen molar-refractivity contribution in [2.75, 3.05) is 0 Å². The van der Waals surface area contributed by atoms with Crippen molar-refractivity contribution in [3.05, 3.63) is 23.8 Å². The first-order chi connectivity index (χ1) is 8.76. The fourth-order valence-electron chi connectivity index (χ4n) is 2.12. The Labute approximate surface area is 166 Å². The van der Waals surface area contributed by atoms with E-state index in [1.54, 1.807) is 12.2 Å². The minimum absolute atomic E-state index is 0.115. The van der Waals surface area contributed by atoms with Crippen molar-refractivity contribution in [2.45, 2.75) is 27.6 Å². The minimum atomic E-state index is -2.22. The van der Waals surface area contributed by atoms with Gasteiger partial charge in [0.25, 0.3) is 0 Å². The summed E-state index contributed by atoms with van der Waals surface area (Å²) in [6, 6.07) is 0. The average molecular weight is 479 g/mol. The lowest BCUT2D eigenvalue weighted by atomic mass is 9.76. The summed E-state index contributed by atoms with van der Waals surface area (Å²) in [5.74, 6) is 0. The van der Waals surface area contributed by atoms with Gasteiger partial charge in [-0.2, -0.15) is 0 Å². The molecule has 1 saturated carbocycles. The normalized spacial score (nSPS) is 39.9. The fourth-order valence-corrected chi connectivity index (χ4v) is 6.09. The summed E-state index contributed by atoms with van der Waals surface area (Å²) in [4.78, 5) is -1.70. The Kier molecular flexibility index (Phi) is 4.85. The molecule has 0 spiro atoms. The molecular weight excluding hydrogens is 475 g/mol. The van der Waals surface area contributed by atoms with Crippen molar-refractivity contribution in [2.24, 2.45) is 0 Å². The van der Waals surface area contributed by atoms with Crippen molar-refractivity contribution < 1.29 is 0 Å². The molecular formula is C10H4Cl10. The first-order valence-corrected chi connectivity index (χ1v) is 8.83. The van der Waals surface area contributed by atoms with Gasteiger partial charge in [0.1, 0.15) is 4.87 Å². The van der Waals surface area contributed by atoms with E-state index in [4.69, 9.17) is 116 Å². The van der Waals surface area contributed by atoms with Crippen LogP contribution >= 0.6 is 116 Å². The molecule has 20 heavy (non-hydrogen) atoms. The van der Waals surface area contributed by atoms with E-state index in [1.807, 2.05) is 0 Å². The van der Waals surface area contributed by atoms with E-state index >= 15 is 0 Å². The topological polar surface area (TPSA) is 0 Å². The van der Waals surface area contributed by atoms with Crippen LogP contribution in [-0.2, 0) is 0 Å². The number of halogens is 10. The molecule has 2 rings (SSSR count). The number of fused-ring (bicyclic) bond motifs is 1. The van der Waals surface area contributed by atoms with Gasteiger partial charge in [0, 0.05) is 0 Å². The maximum absolute atomic E-state index is 6.54. The van der Waals surface area contributed by atoms with E-state index in [0.717, 1.165) is 0 Å². The van der Waals surface area contributed by atoms with Crippen LogP contribution in [0.3, 0.4) is 0 Å². The Morgan fingerprint density at radius 1 is 0.750 bits per heavy atom. The SMILES string of the molecule is ClC1C=CC=C2C(Cl)(Cl)C(Cl)(Cl)C(Cl)(Cl)C(Cl)(Cl)C21Cl. The zero-order valence-corrected chi connectivity index (χ0v) is 16.6. The summed E-state index contributed by atoms with van der Waals surface area (Å²) in [6.45, 7) is 0. The van der Waals surface area contributed by atoms with Crippen LogP contribution in [-0.4, -0.2) is 27.6 Å². The molecule has 0 aromatic heterocycles. The second-order valence-corrected chi connectivity index (χ2v) is 10.8. The number of alkyl halides is 10. The Bertz CT molecular complexity index is 502. The van der Waals surface area contributed by atoms with Crippen LogP contribution in [0.1, 0.15) is 0 Å². The molecule has 0 bridgehead atoms. The second-order valence-electron chi connectivity index (χ2n) is 4.38. The molecule has 0 nitrogen and oxygen atoms in total. The van der Waals surface area contributed by atoms with Crippen molar-refractivity contribution in [1.29, 1.82) is 0 Å². The smallest absolute Gasteiger partial charge is 0.116 e. The molecule has 1 fully saturated rings. The van der Waals surface area contributed by atoms with Crippen molar-refractivity contribution in [3.63, 3.8) is 0 Å². The summed E-state index contributed by atoms with van der Waals surface area (Å²) in [5, 5.41) is -0.891. The van der Waals surface area contributed by atoms with Gasteiger partial charge < -0.3 is 0 Å². The second kappa shape index (κ2) is 5.19. The van der Waals surface area contributed by atoms with Gasteiger partial charge in [-0.05, 0) is 5.57 Å². The zero-order chi connectivity index (χ0) is 15.8.